The Morgan fingerprint density at radius 2 is 2.22 bits per heavy atom. The van der Waals surface area contributed by atoms with Gasteiger partial charge in [-0.25, -0.2) is 9.97 Å². The summed E-state index contributed by atoms with van der Waals surface area (Å²) < 4.78 is 5.29. The molecule has 1 aliphatic rings. The highest BCUT2D eigenvalue weighted by atomic mass is 32.1. The van der Waals surface area contributed by atoms with Crippen molar-refractivity contribution in [2.75, 3.05) is 43.1 Å². The molecule has 0 aliphatic carbocycles. The van der Waals surface area contributed by atoms with Crippen LogP contribution in [-0.2, 0) is 11.2 Å². The number of hydrogen-bond donors (Lipinski definition) is 1. The van der Waals surface area contributed by atoms with Crippen molar-refractivity contribution in [3.8, 4) is 0 Å². The van der Waals surface area contributed by atoms with Gasteiger partial charge in [0, 0.05) is 24.5 Å². The minimum Gasteiger partial charge on any atom is -0.378 e. The third-order valence-electron chi connectivity index (χ3n) is 3.54. The zero-order valence-corrected chi connectivity index (χ0v) is 13.3. The van der Waals surface area contributed by atoms with Crippen LogP contribution in [0.25, 0.3) is 0 Å². The van der Waals surface area contributed by atoms with Gasteiger partial charge in [0.2, 0.25) is 11.6 Å². The summed E-state index contributed by atoms with van der Waals surface area (Å²) in [4.78, 5) is 22.4. The van der Waals surface area contributed by atoms with E-state index in [9.17, 15) is 10.1 Å². The van der Waals surface area contributed by atoms with Crippen LogP contribution in [-0.4, -0.2) is 47.7 Å². The lowest BCUT2D eigenvalue weighted by atomic mass is 10.3. The molecule has 2 aromatic rings. The second-order valence-electron chi connectivity index (χ2n) is 5.01. The summed E-state index contributed by atoms with van der Waals surface area (Å²) in [5.41, 5.74) is -0.0689. The van der Waals surface area contributed by atoms with E-state index in [0.29, 0.717) is 38.7 Å². The lowest BCUT2D eigenvalue weighted by molar-refractivity contribution is -0.383. The van der Waals surface area contributed by atoms with Gasteiger partial charge in [0.05, 0.1) is 18.1 Å². The molecule has 23 heavy (non-hydrogen) atoms. The Morgan fingerprint density at radius 1 is 1.39 bits per heavy atom. The Hall–Kier alpha value is -2.26. The zero-order valence-electron chi connectivity index (χ0n) is 12.5. The van der Waals surface area contributed by atoms with Gasteiger partial charge in [-0.05, 0) is 17.9 Å². The first kappa shape index (κ1) is 15.6. The quantitative estimate of drug-likeness (QED) is 0.637. The summed E-state index contributed by atoms with van der Waals surface area (Å²) in [6.45, 7) is 2.85. The van der Waals surface area contributed by atoms with Crippen molar-refractivity contribution in [3.05, 3.63) is 38.8 Å². The Bertz CT molecular complexity index is 658. The summed E-state index contributed by atoms with van der Waals surface area (Å²) in [6.07, 6.45) is 2.16. The molecule has 0 aromatic carbocycles. The smallest absolute Gasteiger partial charge is 0.353 e. The number of nitrogens with one attached hydrogen (secondary N) is 1. The van der Waals surface area contributed by atoms with E-state index < -0.39 is 4.92 Å². The zero-order chi connectivity index (χ0) is 16.1. The number of nitrogens with zero attached hydrogens (tertiary/aromatic N) is 4. The predicted molar refractivity (Wildman–Crippen MR) is 88.2 cm³/mol. The molecular formula is C14H17N5O3S. The van der Waals surface area contributed by atoms with E-state index in [0.717, 1.165) is 6.42 Å². The molecule has 0 saturated carbocycles. The van der Waals surface area contributed by atoms with Crippen LogP contribution in [0.2, 0.25) is 0 Å². The molecule has 1 fully saturated rings. The molecule has 1 N–H and O–H groups in total. The van der Waals surface area contributed by atoms with E-state index in [1.807, 2.05) is 22.4 Å². The van der Waals surface area contributed by atoms with E-state index in [1.54, 1.807) is 11.3 Å². The molecular weight excluding hydrogens is 318 g/mol. The first-order valence-corrected chi connectivity index (χ1v) is 8.22. The molecule has 122 valence electrons. The number of thiophene rings is 1. The maximum absolute atomic E-state index is 11.5. The van der Waals surface area contributed by atoms with Crippen molar-refractivity contribution in [1.29, 1.82) is 0 Å². The molecule has 2 aromatic heterocycles. The minimum absolute atomic E-state index is 0.0689. The molecule has 0 atom stereocenters. The predicted octanol–water partition coefficient (Wildman–Crippen LogP) is 1.94. The van der Waals surface area contributed by atoms with Crippen LogP contribution in [0, 0.1) is 10.1 Å². The lowest BCUT2D eigenvalue weighted by Crippen LogP contribution is -2.37. The maximum Gasteiger partial charge on any atom is 0.353 e. The van der Waals surface area contributed by atoms with E-state index >= 15 is 0 Å². The van der Waals surface area contributed by atoms with Crippen molar-refractivity contribution in [3.63, 3.8) is 0 Å². The number of ether oxygens (including phenoxy) is 1. The number of nitro groups is 1. The van der Waals surface area contributed by atoms with Crippen molar-refractivity contribution >= 4 is 28.7 Å². The Balaban J connectivity index is 1.77. The average Bonchev–Trinajstić information content (AvgIpc) is 3.08. The fraction of sp³-hybridized carbons (Fsp3) is 0.429. The van der Waals surface area contributed by atoms with Gasteiger partial charge in [-0.2, -0.15) is 0 Å². The number of aromatic nitrogens is 2. The van der Waals surface area contributed by atoms with Crippen LogP contribution >= 0.6 is 11.3 Å². The first-order chi connectivity index (χ1) is 11.3. The summed E-state index contributed by atoms with van der Waals surface area (Å²) in [5, 5.41) is 16.6. The van der Waals surface area contributed by atoms with Crippen molar-refractivity contribution < 1.29 is 9.66 Å². The highest BCUT2D eigenvalue weighted by molar-refractivity contribution is 7.09. The molecule has 0 amide bonds. The van der Waals surface area contributed by atoms with Gasteiger partial charge >= 0.3 is 5.69 Å². The highest BCUT2D eigenvalue weighted by Crippen LogP contribution is 2.32. The number of morpholine rings is 1. The summed E-state index contributed by atoms with van der Waals surface area (Å²) >= 11 is 1.67. The van der Waals surface area contributed by atoms with Crippen LogP contribution < -0.4 is 10.2 Å². The normalized spacial score (nSPS) is 14.7. The SMILES string of the molecule is O=[N+]([O-])c1c(NCCc2cccs2)ncnc1N1CCOCC1. The molecule has 8 nitrogen and oxygen atoms in total. The van der Waals surface area contributed by atoms with E-state index in [1.165, 1.54) is 11.2 Å². The van der Waals surface area contributed by atoms with Crippen LogP contribution in [0.4, 0.5) is 17.3 Å². The summed E-state index contributed by atoms with van der Waals surface area (Å²) in [6, 6.07) is 4.03. The monoisotopic (exact) mass is 335 g/mol. The van der Waals surface area contributed by atoms with E-state index in [-0.39, 0.29) is 11.5 Å². The van der Waals surface area contributed by atoms with E-state index in [2.05, 4.69) is 15.3 Å². The fourth-order valence-corrected chi connectivity index (χ4v) is 3.14. The van der Waals surface area contributed by atoms with Crippen LogP contribution in [0.5, 0.6) is 0 Å². The fourth-order valence-electron chi connectivity index (χ4n) is 2.43. The minimum atomic E-state index is -0.418. The van der Waals surface area contributed by atoms with Gasteiger partial charge in [0.15, 0.2) is 0 Å². The standard InChI is InChI=1S/C14H17N5O3S/c20-19(21)12-13(15-4-3-11-2-1-9-23-11)16-10-17-14(12)18-5-7-22-8-6-18/h1-2,9-10H,3-8H2,(H,15,16,17). The molecule has 1 aliphatic heterocycles. The van der Waals surface area contributed by atoms with Crippen LogP contribution in [0.1, 0.15) is 4.88 Å². The Labute approximate surface area is 137 Å². The molecule has 3 rings (SSSR count). The largest absolute Gasteiger partial charge is 0.378 e. The summed E-state index contributed by atoms with van der Waals surface area (Å²) in [7, 11) is 0. The third kappa shape index (κ3) is 3.74. The molecule has 0 bridgehead atoms. The summed E-state index contributed by atoms with van der Waals surface area (Å²) in [5.74, 6) is 0.620. The molecule has 0 unspecified atom stereocenters. The maximum atomic E-state index is 11.5. The molecule has 9 heteroatoms. The molecule has 0 spiro atoms. The van der Waals surface area contributed by atoms with Crippen molar-refractivity contribution in [1.82, 2.24) is 9.97 Å². The number of rotatable bonds is 6. The Morgan fingerprint density at radius 3 is 2.91 bits per heavy atom. The van der Waals surface area contributed by atoms with E-state index in [4.69, 9.17) is 4.74 Å². The van der Waals surface area contributed by atoms with Gasteiger partial charge < -0.3 is 15.0 Å². The van der Waals surface area contributed by atoms with Crippen LogP contribution in [0.15, 0.2) is 23.8 Å². The first-order valence-electron chi connectivity index (χ1n) is 7.34. The average molecular weight is 335 g/mol. The van der Waals surface area contributed by atoms with Gasteiger partial charge in [-0.15, -0.1) is 11.3 Å². The van der Waals surface area contributed by atoms with Crippen LogP contribution in [0.3, 0.4) is 0 Å². The highest BCUT2D eigenvalue weighted by Gasteiger charge is 2.27. The second kappa shape index (κ2) is 7.34. The molecule has 1 saturated heterocycles. The topological polar surface area (TPSA) is 93.4 Å². The van der Waals surface area contributed by atoms with Gasteiger partial charge in [0.1, 0.15) is 6.33 Å². The Kier molecular flexibility index (Phi) is 4.99. The van der Waals surface area contributed by atoms with Gasteiger partial charge in [0.25, 0.3) is 0 Å². The lowest BCUT2D eigenvalue weighted by Gasteiger charge is -2.27. The number of anilines is 2. The van der Waals surface area contributed by atoms with Gasteiger partial charge in [-0.3, -0.25) is 10.1 Å². The second-order valence-corrected chi connectivity index (χ2v) is 6.04. The number of hydrogen-bond acceptors (Lipinski definition) is 8. The third-order valence-corrected chi connectivity index (χ3v) is 4.48. The van der Waals surface area contributed by atoms with Crippen molar-refractivity contribution in [2.24, 2.45) is 0 Å². The molecule has 3 heterocycles. The molecule has 0 radical (unpaired) electrons. The van der Waals surface area contributed by atoms with Gasteiger partial charge in [-0.1, -0.05) is 6.07 Å². The van der Waals surface area contributed by atoms with Crippen molar-refractivity contribution in [2.45, 2.75) is 6.42 Å².